The lowest BCUT2D eigenvalue weighted by Crippen LogP contribution is -2.32. The number of aryl methyl sites for hydroxylation is 1. The van der Waals surface area contributed by atoms with Crippen molar-refractivity contribution < 1.29 is 4.79 Å². The van der Waals surface area contributed by atoms with Crippen molar-refractivity contribution >= 4 is 40.2 Å². The third-order valence-electron chi connectivity index (χ3n) is 6.59. The van der Waals surface area contributed by atoms with E-state index in [1.165, 1.54) is 22.9 Å². The van der Waals surface area contributed by atoms with E-state index >= 15 is 0 Å². The Kier molecular flexibility index (Phi) is 6.25. The maximum Gasteiger partial charge on any atom is 0.230 e. The lowest BCUT2D eigenvalue weighted by Gasteiger charge is -2.26. The summed E-state index contributed by atoms with van der Waals surface area (Å²) < 4.78 is 1.99. The van der Waals surface area contributed by atoms with Crippen molar-refractivity contribution in [1.29, 1.82) is 0 Å². The highest BCUT2D eigenvalue weighted by Gasteiger charge is 2.23. The molecule has 1 unspecified atom stereocenters. The number of carbonyl (C=O) groups is 1. The SMILES string of the molecule is O=C(CSc1nnc(-c2c[nH]c3ccccc23)n1-c1ccc(Cl)cc1)NC1CCCc2ccccc21. The van der Waals surface area contributed by atoms with Crippen LogP contribution in [0.1, 0.15) is 30.0 Å². The van der Waals surface area contributed by atoms with Gasteiger partial charge >= 0.3 is 0 Å². The minimum atomic E-state index is -0.0130. The monoisotopic (exact) mass is 513 g/mol. The molecule has 0 aliphatic heterocycles. The van der Waals surface area contributed by atoms with Crippen LogP contribution in [-0.2, 0) is 11.2 Å². The van der Waals surface area contributed by atoms with E-state index in [-0.39, 0.29) is 17.7 Å². The molecule has 0 spiro atoms. The van der Waals surface area contributed by atoms with Gasteiger partial charge in [-0.3, -0.25) is 9.36 Å². The van der Waals surface area contributed by atoms with Crippen molar-refractivity contribution in [1.82, 2.24) is 25.1 Å². The molecule has 1 atom stereocenters. The van der Waals surface area contributed by atoms with Crippen molar-refractivity contribution in [3.05, 3.63) is 95.1 Å². The summed E-state index contributed by atoms with van der Waals surface area (Å²) >= 11 is 7.54. The molecule has 3 aromatic carbocycles. The second kappa shape index (κ2) is 9.84. The predicted molar refractivity (Wildman–Crippen MR) is 145 cm³/mol. The molecular formula is C28H24ClN5OS. The van der Waals surface area contributed by atoms with Crippen LogP contribution in [0.4, 0.5) is 0 Å². The quantitative estimate of drug-likeness (QED) is 0.259. The van der Waals surface area contributed by atoms with Crippen molar-refractivity contribution in [2.75, 3.05) is 5.75 Å². The third kappa shape index (κ3) is 4.40. The Morgan fingerprint density at radius 2 is 1.86 bits per heavy atom. The molecule has 180 valence electrons. The molecular weight excluding hydrogens is 490 g/mol. The number of benzene rings is 3. The van der Waals surface area contributed by atoms with Gasteiger partial charge in [-0.2, -0.15) is 0 Å². The number of amides is 1. The summed E-state index contributed by atoms with van der Waals surface area (Å²) in [5.74, 6) is 0.943. The van der Waals surface area contributed by atoms with Gasteiger partial charge in [-0.25, -0.2) is 0 Å². The van der Waals surface area contributed by atoms with E-state index in [9.17, 15) is 4.79 Å². The van der Waals surface area contributed by atoms with Gasteiger partial charge in [-0.1, -0.05) is 65.8 Å². The fourth-order valence-corrected chi connectivity index (χ4v) is 5.78. The molecule has 5 aromatic rings. The number of para-hydroxylation sites is 1. The maximum atomic E-state index is 13.0. The summed E-state index contributed by atoms with van der Waals surface area (Å²) in [4.78, 5) is 16.3. The van der Waals surface area contributed by atoms with E-state index < -0.39 is 0 Å². The molecule has 1 aliphatic carbocycles. The maximum absolute atomic E-state index is 13.0. The first-order valence-electron chi connectivity index (χ1n) is 12.0. The zero-order chi connectivity index (χ0) is 24.5. The zero-order valence-electron chi connectivity index (χ0n) is 19.4. The molecule has 8 heteroatoms. The molecule has 2 aromatic heterocycles. The number of carbonyl (C=O) groups excluding carboxylic acids is 1. The van der Waals surface area contributed by atoms with Crippen LogP contribution in [0.15, 0.2) is 84.1 Å². The van der Waals surface area contributed by atoms with E-state index in [4.69, 9.17) is 11.6 Å². The largest absolute Gasteiger partial charge is 0.360 e. The summed E-state index contributed by atoms with van der Waals surface area (Å²) in [6.07, 6.45) is 5.05. The second-order valence-electron chi connectivity index (χ2n) is 8.87. The van der Waals surface area contributed by atoms with E-state index in [2.05, 4.69) is 44.8 Å². The van der Waals surface area contributed by atoms with Crippen LogP contribution in [0, 0.1) is 0 Å². The molecule has 2 N–H and O–H groups in total. The Balaban J connectivity index is 1.28. The molecule has 6 rings (SSSR count). The molecule has 2 heterocycles. The summed E-state index contributed by atoms with van der Waals surface area (Å²) in [7, 11) is 0. The minimum Gasteiger partial charge on any atom is -0.360 e. The molecule has 1 aliphatic rings. The Morgan fingerprint density at radius 1 is 1.06 bits per heavy atom. The first-order chi connectivity index (χ1) is 17.7. The highest BCUT2D eigenvalue weighted by atomic mass is 35.5. The van der Waals surface area contributed by atoms with E-state index in [1.807, 2.05) is 59.3 Å². The first kappa shape index (κ1) is 22.9. The lowest BCUT2D eigenvalue weighted by atomic mass is 9.88. The van der Waals surface area contributed by atoms with Gasteiger partial charge in [0.25, 0.3) is 0 Å². The molecule has 1 amide bonds. The summed E-state index contributed by atoms with van der Waals surface area (Å²) in [6, 6.07) is 24.1. The van der Waals surface area contributed by atoms with Crippen LogP contribution in [0.3, 0.4) is 0 Å². The number of hydrogen-bond acceptors (Lipinski definition) is 4. The van der Waals surface area contributed by atoms with Gasteiger partial charge in [0.15, 0.2) is 11.0 Å². The number of fused-ring (bicyclic) bond motifs is 2. The standard InChI is InChI=1S/C28H24ClN5OS/c29-19-12-14-20(15-13-19)34-27(23-16-30-24-10-4-3-9-22(23)24)32-33-28(34)36-17-26(35)31-25-11-5-7-18-6-1-2-8-21(18)25/h1-4,6,8-10,12-16,25,30H,5,7,11,17H2,(H,31,35). The zero-order valence-corrected chi connectivity index (χ0v) is 21.0. The minimum absolute atomic E-state index is 0.0130. The number of nitrogens with zero attached hydrogens (tertiary/aromatic N) is 3. The summed E-state index contributed by atoms with van der Waals surface area (Å²) in [5.41, 5.74) is 5.41. The fraction of sp³-hybridized carbons (Fsp3) is 0.179. The van der Waals surface area contributed by atoms with E-state index in [0.29, 0.717) is 16.0 Å². The van der Waals surface area contributed by atoms with Gasteiger partial charge in [0.2, 0.25) is 5.91 Å². The van der Waals surface area contributed by atoms with Gasteiger partial charge in [-0.15, -0.1) is 10.2 Å². The average molecular weight is 514 g/mol. The third-order valence-corrected chi connectivity index (χ3v) is 7.77. The molecule has 0 radical (unpaired) electrons. The number of halogens is 1. The Bertz CT molecular complexity index is 1540. The van der Waals surface area contributed by atoms with Crippen LogP contribution in [0.25, 0.3) is 28.0 Å². The van der Waals surface area contributed by atoms with E-state index in [0.717, 1.165) is 41.4 Å². The lowest BCUT2D eigenvalue weighted by molar-refractivity contribution is -0.119. The van der Waals surface area contributed by atoms with Gasteiger partial charge in [-0.05, 0) is 60.7 Å². The molecule has 0 saturated heterocycles. The number of aromatic amines is 1. The van der Waals surface area contributed by atoms with Crippen molar-refractivity contribution in [2.45, 2.75) is 30.5 Å². The van der Waals surface area contributed by atoms with Crippen LogP contribution >= 0.6 is 23.4 Å². The first-order valence-corrected chi connectivity index (χ1v) is 13.3. The van der Waals surface area contributed by atoms with Crippen LogP contribution in [0.2, 0.25) is 5.02 Å². The highest BCUT2D eigenvalue weighted by Crippen LogP contribution is 2.33. The summed E-state index contributed by atoms with van der Waals surface area (Å²) in [6.45, 7) is 0. The number of H-pyrrole nitrogens is 1. The fourth-order valence-electron chi connectivity index (χ4n) is 4.89. The number of hydrogen-bond donors (Lipinski definition) is 2. The van der Waals surface area contributed by atoms with Gasteiger partial charge in [0.05, 0.1) is 11.8 Å². The van der Waals surface area contributed by atoms with Crippen LogP contribution in [-0.4, -0.2) is 31.4 Å². The number of aromatic nitrogens is 4. The number of thioether (sulfide) groups is 1. The topological polar surface area (TPSA) is 75.6 Å². The highest BCUT2D eigenvalue weighted by molar-refractivity contribution is 7.99. The molecule has 0 fully saturated rings. The average Bonchev–Trinajstić information content (AvgIpc) is 3.52. The molecule has 36 heavy (non-hydrogen) atoms. The Labute approximate surface area is 218 Å². The van der Waals surface area contributed by atoms with E-state index in [1.54, 1.807) is 0 Å². The number of rotatable bonds is 6. The molecule has 0 bridgehead atoms. The number of nitrogens with one attached hydrogen (secondary N) is 2. The normalized spacial score (nSPS) is 15.1. The van der Waals surface area contributed by atoms with Crippen molar-refractivity contribution in [3.8, 4) is 17.1 Å². The van der Waals surface area contributed by atoms with Gasteiger partial charge in [0, 0.05) is 33.4 Å². The Morgan fingerprint density at radius 3 is 2.75 bits per heavy atom. The second-order valence-corrected chi connectivity index (χ2v) is 10.2. The predicted octanol–water partition coefficient (Wildman–Crippen LogP) is 6.35. The van der Waals surface area contributed by atoms with Gasteiger partial charge in [0.1, 0.15) is 0 Å². The molecule has 6 nitrogen and oxygen atoms in total. The Hall–Kier alpha value is -3.55. The van der Waals surface area contributed by atoms with Crippen LogP contribution < -0.4 is 5.32 Å². The van der Waals surface area contributed by atoms with Gasteiger partial charge < -0.3 is 10.3 Å². The molecule has 0 saturated carbocycles. The summed E-state index contributed by atoms with van der Waals surface area (Å²) in [5, 5.41) is 14.6. The smallest absolute Gasteiger partial charge is 0.230 e. The van der Waals surface area contributed by atoms with Crippen LogP contribution in [0.5, 0.6) is 0 Å². The van der Waals surface area contributed by atoms with Crippen molar-refractivity contribution in [2.24, 2.45) is 0 Å². The van der Waals surface area contributed by atoms with Crippen molar-refractivity contribution in [3.63, 3.8) is 0 Å².